The van der Waals surface area contributed by atoms with Crippen LogP contribution in [0, 0.1) is 5.92 Å². The maximum Gasteiger partial charge on any atom is 0.241 e. The molecule has 0 aliphatic carbocycles. The predicted molar refractivity (Wildman–Crippen MR) is 113 cm³/mol. The molecule has 0 saturated heterocycles. The maximum atomic E-state index is 12.8. The molecular formula is C22H28N2O4S. The normalized spacial score (nSPS) is 13.6. The van der Waals surface area contributed by atoms with Crippen LogP contribution < -0.4 is 10.0 Å². The highest BCUT2D eigenvalue weighted by Gasteiger charge is 2.27. The zero-order chi connectivity index (χ0) is 21.3. The van der Waals surface area contributed by atoms with Gasteiger partial charge in [0.15, 0.2) is 0 Å². The molecular weight excluding hydrogens is 388 g/mol. The van der Waals surface area contributed by atoms with Crippen LogP contribution in [0.15, 0.2) is 65.6 Å². The quantitative estimate of drug-likeness (QED) is 0.551. The van der Waals surface area contributed by atoms with Crippen LogP contribution in [-0.2, 0) is 26.0 Å². The molecule has 2 atom stereocenters. The zero-order valence-corrected chi connectivity index (χ0v) is 17.6. The molecule has 0 aromatic heterocycles. The van der Waals surface area contributed by atoms with E-state index in [0.717, 1.165) is 5.56 Å². The lowest BCUT2D eigenvalue weighted by Gasteiger charge is -2.22. The Morgan fingerprint density at radius 1 is 1.00 bits per heavy atom. The van der Waals surface area contributed by atoms with E-state index >= 15 is 0 Å². The van der Waals surface area contributed by atoms with Crippen molar-refractivity contribution >= 4 is 22.2 Å². The second-order valence-electron chi connectivity index (χ2n) is 7.39. The average Bonchev–Trinajstić information content (AvgIpc) is 2.71. The van der Waals surface area contributed by atoms with Crippen molar-refractivity contribution in [3.8, 4) is 0 Å². The molecule has 0 aliphatic heterocycles. The van der Waals surface area contributed by atoms with Gasteiger partial charge in [-0.2, -0.15) is 4.72 Å². The third kappa shape index (κ3) is 7.44. The van der Waals surface area contributed by atoms with E-state index in [1.807, 2.05) is 44.2 Å². The van der Waals surface area contributed by atoms with Crippen molar-refractivity contribution in [2.24, 2.45) is 5.92 Å². The minimum atomic E-state index is -3.85. The fourth-order valence-corrected chi connectivity index (χ4v) is 4.19. The van der Waals surface area contributed by atoms with E-state index in [2.05, 4.69) is 10.0 Å². The second kappa shape index (κ2) is 10.9. The lowest BCUT2D eigenvalue weighted by atomic mass is 10.0. The largest absolute Gasteiger partial charge is 0.345 e. The number of rotatable bonds is 11. The summed E-state index contributed by atoms with van der Waals surface area (Å²) in [5.41, 5.74) is 1.07. The summed E-state index contributed by atoms with van der Waals surface area (Å²) in [5.74, 6) is -0.411. The monoisotopic (exact) mass is 416 g/mol. The molecule has 2 rings (SSSR count). The maximum absolute atomic E-state index is 12.8. The Hall–Kier alpha value is -2.51. The summed E-state index contributed by atoms with van der Waals surface area (Å²) < 4.78 is 27.8. The first-order chi connectivity index (χ1) is 13.8. The van der Waals surface area contributed by atoms with Gasteiger partial charge in [0, 0.05) is 0 Å². The molecule has 0 aliphatic rings. The lowest BCUT2D eigenvalue weighted by molar-refractivity contribution is -0.125. The van der Waals surface area contributed by atoms with E-state index in [-0.39, 0.29) is 10.8 Å². The Balaban J connectivity index is 2.06. The molecule has 0 saturated carbocycles. The topological polar surface area (TPSA) is 92.3 Å². The molecule has 156 valence electrons. The zero-order valence-electron chi connectivity index (χ0n) is 16.7. The molecule has 1 amide bonds. The van der Waals surface area contributed by atoms with Gasteiger partial charge in [-0.15, -0.1) is 0 Å². The number of carbonyl (C=O) groups is 2. The summed E-state index contributed by atoms with van der Waals surface area (Å²) in [6.07, 6.45) is 2.09. The average molecular weight is 417 g/mol. The van der Waals surface area contributed by atoms with Gasteiger partial charge >= 0.3 is 0 Å². The number of amides is 1. The summed E-state index contributed by atoms with van der Waals surface area (Å²) in [6.45, 7) is 3.81. The van der Waals surface area contributed by atoms with Crippen LogP contribution in [0.4, 0.5) is 0 Å². The highest BCUT2D eigenvalue weighted by molar-refractivity contribution is 7.89. The van der Waals surface area contributed by atoms with Gasteiger partial charge in [-0.1, -0.05) is 62.4 Å². The number of aldehydes is 1. The van der Waals surface area contributed by atoms with E-state index in [0.29, 0.717) is 25.5 Å². The Kier molecular flexibility index (Phi) is 8.54. The van der Waals surface area contributed by atoms with Crippen LogP contribution in [0.1, 0.15) is 32.3 Å². The van der Waals surface area contributed by atoms with Crippen molar-refractivity contribution in [2.75, 3.05) is 0 Å². The van der Waals surface area contributed by atoms with Crippen molar-refractivity contribution in [3.63, 3.8) is 0 Å². The smallest absolute Gasteiger partial charge is 0.241 e. The summed E-state index contributed by atoms with van der Waals surface area (Å²) in [6, 6.07) is 15.9. The van der Waals surface area contributed by atoms with Crippen LogP contribution in [0.5, 0.6) is 0 Å². The Labute approximate surface area is 172 Å². The molecule has 2 aromatic carbocycles. The van der Waals surface area contributed by atoms with Gasteiger partial charge in [0.2, 0.25) is 15.9 Å². The van der Waals surface area contributed by atoms with Gasteiger partial charge in [0.25, 0.3) is 0 Å². The van der Waals surface area contributed by atoms with Crippen molar-refractivity contribution in [1.82, 2.24) is 10.0 Å². The number of nitrogens with one attached hydrogen (secondary N) is 2. The number of carbonyl (C=O) groups excluding carboxylic acids is 2. The van der Waals surface area contributed by atoms with Crippen LogP contribution in [0.3, 0.4) is 0 Å². The fourth-order valence-electron chi connectivity index (χ4n) is 2.96. The number of sulfonamides is 1. The molecule has 0 radical (unpaired) electrons. The van der Waals surface area contributed by atoms with Crippen LogP contribution >= 0.6 is 0 Å². The van der Waals surface area contributed by atoms with E-state index in [9.17, 15) is 18.0 Å². The molecule has 0 fully saturated rings. The van der Waals surface area contributed by atoms with Crippen molar-refractivity contribution in [3.05, 3.63) is 66.2 Å². The van der Waals surface area contributed by atoms with Crippen molar-refractivity contribution in [2.45, 2.75) is 50.1 Å². The van der Waals surface area contributed by atoms with Gasteiger partial charge in [-0.3, -0.25) is 4.79 Å². The summed E-state index contributed by atoms with van der Waals surface area (Å²) in [7, 11) is -3.85. The van der Waals surface area contributed by atoms with Crippen LogP contribution in [0.2, 0.25) is 0 Å². The van der Waals surface area contributed by atoms with E-state index in [1.165, 1.54) is 12.1 Å². The molecule has 0 bridgehead atoms. The summed E-state index contributed by atoms with van der Waals surface area (Å²) in [5, 5.41) is 2.68. The van der Waals surface area contributed by atoms with Crippen molar-refractivity contribution in [1.29, 1.82) is 0 Å². The molecule has 6 nitrogen and oxygen atoms in total. The lowest BCUT2D eigenvalue weighted by Crippen LogP contribution is -2.50. The first kappa shape index (κ1) is 22.8. The fraction of sp³-hybridized carbons (Fsp3) is 0.364. The van der Waals surface area contributed by atoms with Gasteiger partial charge in [0.05, 0.1) is 10.9 Å². The Bertz CT molecular complexity index is 884. The third-order valence-corrected chi connectivity index (χ3v) is 5.94. The van der Waals surface area contributed by atoms with Crippen LogP contribution in [0.25, 0.3) is 0 Å². The molecule has 2 aromatic rings. The SMILES string of the molecule is CC(C)CC(NS(=O)(=O)c1ccccc1)C(=O)NC(C=O)CCc1ccccc1. The molecule has 0 heterocycles. The van der Waals surface area contributed by atoms with Gasteiger partial charge in [-0.05, 0) is 42.9 Å². The molecule has 2 unspecified atom stereocenters. The highest BCUT2D eigenvalue weighted by atomic mass is 32.2. The Morgan fingerprint density at radius 2 is 1.59 bits per heavy atom. The van der Waals surface area contributed by atoms with E-state index in [4.69, 9.17) is 0 Å². The number of aryl methyl sites for hydroxylation is 1. The van der Waals surface area contributed by atoms with E-state index < -0.39 is 28.0 Å². The summed E-state index contributed by atoms with van der Waals surface area (Å²) >= 11 is 0. The molecule has 0 spiro atoms. The van der Waals surface area contributed by atoms with Gasteiger partial charge < -0.3 is 10.1 Å². The number of benzene rings is 2. The number of hydrogen-bond donors (Lipinski definition) is 2. The molecule has 29 heavy (non-hydrogen) atoms. The minimum absolute atomic E-state index is 0.0863. The van der Waals surface area contributed by atoms with Gasteiger partial charge in [-0.25, -0.2) is 8.42 Å². The Morgan fingerprint density at radius 3 is 2.14 bits per heavy atom. The first-order valence-electron chi connectivity index (χ1n) is 9.69. The standard InChI is InChI=1S/C22H28N2O4S/c1-17(2)15-21(24-29(27,28)20-11-7-4-8-12-20)22(26)23-19(16-25)14-13-18-9-5-3-6-10-18/h3-12,16-17,19,21,24H,13-15H2,1-2H3,(H,23,26). The third-order valence-electron chi connectivity index (χ3n) is 4.45. The molecule has 2 N–H and O–H groups in total. The summed E-state index contributed by atoms with van der Waals surface area (Å²) in [4.78, 5) is 24.3. The van der Waals surface area contributed by atoms with E-state index in [1.54, 1.807) is 18.2 Å². The van der Waals surface area contributed by atoms with Crippen LogP contribution in [-0.4, -0.2) is 32.7 Å². The number of hydrogen-bond acceptors (Lipinski definition) is 4. The predicted octanol–water partition coefficient (Wildman–Crippen LogP) is 2.70. The van der Waals surface area contributed by atoms with Gasteiger partial charge in [0.1, 0.15) is 12.3 Å². The first-order valence-corrected chi connectivity index (χ1v) is 11.2. The molecule has 7 heteroatoms. The minimum Gasteiger partial charge on any atom is -0.345 e. The highest BCUT2D eigenvalue weighted by Crippen LogP contribution is 2.13. The van der Waals surface area contributed by atoms with Crippen molar-refractivity contribution < 1.29 is 18.0 Å². The second-order valence-corrected chi connectivity index (χ2v) is 9.11.